The number of H-pyrrole nitrogens is 1. The Morgan fingerprint density at radius 3 is 2.72 bits per heavy atom. The van der Waals surface area contributed by atoms with Crippen LogP contribution in [0.25, 0.3) is 28.2 Å². The van der Waals surface area contributed by atoms with Gasteiger partial charge in [-0.15, -0.1) is 0 Å². The van der Waals surface area contributed by atoms with Crippen LogP contribution in [0.4, 0.5) is 0 Å². The van der Waals surface area contributed by atoms with Gasteiger partial charge in [-0.2, -0.15) is 10.2 Å². The Kier molecular flexibility index (Phi) is 8.41. The zero-order valence-electron chi connectivity index (χ0n) is 24.1. The maximum atomic E-state index is 9.80. The zero-order valence-corrected chi connectivity index (χ0v) is 24.1. The third-order valence-electron chi connectivity index (χ3n) is 7.18. The van der Waals surface area contributed by atoms with Crippen LogP contribution < -0.4 is 10.5 Å². The monoisotopic (exact) mass is 536 g/mol. The van der Waals surface area contributed by atoms with E-state index in [4.69, 9.17) is 25.2 Å². The van der Waals surface area contributed by atoms with Crippen molar-refractivity contribution in [1.29, 1.82) is 0 Å². The third kappa shape index (κ3) is 5.69. The van der Waals surface area contributed by atoms with Crippen LogP contribution in [0.1, 0.15) is 44.8 Å². The predicted molar refractivity (Wildman–Crippen MR) is 154 cm³/mol. The number of allylic oxidation sites excluding steroid dienone is 1. The van der Waals surface area contributed by atoms with Crippen molar-refractivity contribution in [3.05, 3.63) is 40.7 Å². The number of nitrogens with one attached hydrogen (secondary N) is 1. The van der Waals surface area contributed by atoms with Crippen LogP contribution in [0.15, 0.2) is 28.6 Å². The minimum Gasteiger partial charge on any atom is -0.479 e. The smallest absolute Gasteiger partial charge is 0.221 e. The molecule has 11 heteroatoms. The molecular formula is C28H40N8O3. The molecule has 3 aromatic heterocycles. The standard InChI is InChI=1S/C28H40N8O3/c1-9-38-27(29)20-10-11-22-21-12-23(31-17(4)26(21)33-32-22)25-16(3)34-36(8)28(25)39-19(6)18(5)35(7)13-24(20)30-15(2)14-37/h10-12,15,18-19,37H,9,13-14,29H2,1-8H3,(H,32,33)/b11-10+,27-20+,30-24?. The second kappa shape index (κ2) is 11.6. The first kappa shape index (κ1) is 28.3. The van der Waals surface area contributed by atoms with Crippen molar-refractivity contribution in [1.82, 2.24) is 29.9 Å². The van der Waals surface area contributed by atoms with Crippen LogP contribution >= 0.6 is 0 Å². The van der Waals surface area contributed by atoms with Gasteiger partial charge < -0.3 is 20.3 Å². The van der Waals surface area contributed by atoms with Gasteiger partial charge in [0, 0.05) is 25.0 Å². The lowest BCUT2D eigenvalue weighted by atomic mass is 10.1. The van der Waals surface area contributed by atoms with E-state index in [-0.39, 0.29) is 30.7 Å². The number of aliphatic imine (C=N–C) groups is 1. The van der Waals surface area contributed by atoms with E-state index in [2.05, 4.69) is 27.1 Å². The number of rotatable bonds is 4. The molecule has 3 atom stereocenters. The largest absolute Gasteiger partial charge is 0.479 e. The van der Waals surface area contributed by atoms with Crippen LogP contribution in [0.5, 0.6) is 5.88 Å². The average molecular weight is 537 g/mol. The topological polar surface area (TPSA) is 140 Å². The zero-order chi connectivity index (χ0) is 28.4. The lowest BCUT2D eigenvalue weighted by Crippen LogP contribution is -2.43. The van der Waals surface area contributed by atoms with Gasteiger partial charge in [0.1, 0.15) is 11.6 Å². The maximum absolute atomic E-state index is 9.80. The van der Waals surface area contributed by atoms with Crippen LogP contribution in [-0.2, 0) is 11.8 Å². The van der Waals surface area contributed by atoms with Crippen LogP contribution in [0, 0.1) is 13.8 Å². The van der Waals surface area contributed by atoms with Crippen molar-refractivity contribution in [2.45, 2.75) is 59.7 Å². The van der Waals surface area contributed by atoms with E-state index in [0.29, 0.717) is 30.3 Å². The van der Waals surface area contributed by atoms with Gasteiger partial charge in [0.2, 0.25) is 5.88 Å². The van der Waals surface area contributed by atoms with E-state index >= 15 is 0 Å². The normalized spacial score (nSPS) is 22.7. The van der Waals surface area contributed by atoms with E-state index in [0.717, 1.165) is 39.2 Å². The Balaban J connectivity index is 2.00. The summed E-state index contributed by atoms with van der Waals surface area (Å²) in [5.41, 5.74) is 12.6. The second-order valence-electron chi connectivity index (χ2n) is 10.1. The summed E-state index contributed by atoms with van der Waals surface area (Å²) >= 11 is 0. The molecule has 0 amide bonds. The Morgan fingerprint density at radius 2 is 2.03 bits per heavy atom. The Labute approximate surface area is 229 Å². The number of aromatic amines is 1. The van der Waals surface area contributed by atoms with Crippen molar-refractivity contribution in [3.63, 3.8) is 0 Å². The number of hydrogen-bond donors (Lipinski definition) is 3. The Morgan fingerprint density at radius 1 is 1.28 bits per heavy atom. The van der Waals surface area contributed by atoms with Gasteiger partial charge >= 0.3 is 0 Å². The number of likely N-dealkylation sites (N-methyl/N-ethyl adjacent to an activating group) is 1. The Hall–Kier alpha value is -3.70. The van der Waals surface area contributed by atoms with Crippen molar-refractivity contribution in [2.75, 3.05) is 26.8 Å². The van der Waals surface area contributed by atoms with Gasteiger partial charge in [-0.1, -0.05) is 0 Å². The molecule has 0 fully saturated rings. The maximum Gasteiger partial charge on any atom is 0.221 e. The third-order valence-corrected chi connectivity index (χ3v) is 7.18. The van der Waals surface area contributed by atoms with E-state index in [1.165, 1.54) is 0 Å². The molecular weight excluding hydrogens is 496 g/mol. The molecule has 0 saturated carbocycles. The van der Waals surface area contributed by atoms with Gasteiger partial charge in [-0.25, -0.2) is 4.68 Å². The van der Waals surface area contributed by atoms with Crippen LogP contribution in [0.3, 0.4) is 0 Å². The SMILES string of the molecule is CCO/C(N)=C1\C=C\c2[nH]nc3c(C)nc(cc23)-c2c(C)nn(C)c2OC(C)C(C)N(C)CC1=NC(C)CO. The summed E-state index contributed by atoms with van der Waals surface area (Å²) in [6, 6.07) is 1.68. The number of aromatic nitrogens is 5. The summed E-state index contributed by atoms with van der Waals surface area (Å²) in [7, 11) is 3.90. The highest BCUT2D eigenvalue weighted by Gasteiger charge is 2.27. The van der Waals surface area contributed by atoms with E-state index < -0.39 is 0 Å². The number of nitrogens with zero attached hydrogens (tertiary/aromatic N) is 6. The number of aliphatic hydroxyl groups excluding tert-OH is 1. The fourth-order valence-electron chi connectivity index (χ4n) is 4.75. The second-order valence-corrected chi connectivity index (χ2v) is 10.1. The first-order chi connectivity index (χ1) is 18.5. The van der Waals surface area contributed by atoms with Crippen molar-refractivity contribution >= 4 is 22.7 Å². The molecule has 0 radical (unpaired) electrons. The predicted octanol–water partition coefficient (Wildman–Crippen LogP) is 3.12. The van der Waals surface area contributed by atoms with Gasteiger partial charge in [-0.3, -0.25) is 20.0 Å². The van der Waals surface area contributed by atoms with Crippen LogP contribution in [-0.4, -0.2) is 85.7 Å². The van der Waals surface area contributed by atoms with Crippen LogP contribution in [0.2, 0.25) is 0 Å². The molecule has 1 aliphatic rings. The van der Waals surface area contributed by atoms with Gasteiger partial charge in [-0.05, 0) is 66.8 Å². The molecule has 0 spiro atoms. The number of pyridine rings is 1. The number of ether oxygens (including phenoxy) is 2. The van der Waals surface area contributed by atoms with E-state index in [1.807, 2.05) is 66.9 Å². The lowest BCUT2D eigenvalue weighted by molar-refractivity contribution is 0.107. The minimum absolute atomic E-state index is 0.0135. The van der Waals surface area contributed by atoms with Gasteiger partial charge in [0.05, 0.1) is 58.9 Å². The fraction of sp³-hybridized carbons (Fsp3) is 0.500. The highest BCUT2D eigenvalue weighted by Crippen LogP contribution is 2.35. The average Bonchev–Trinajstić information content (AvgIpc) is 3.42. The first-order valence-corrected chi connectivity index (χ1v) is 13.3. The van der Waals surface area contributed by atoms with E-state index in [9.17, 15) is 5.11 Å². The molecule has 11 nitrogen and oxygen atoms in total. The lowest BCUT2D eigenvalue weighted by Gasteiger charge is -2.31. The summed E-state index contributed by atoms with van der Waals surface area (Å²) in [5, 5.41) is 23.0. The van der Waals surface area contributed by atoms with E-state index in [1.54, 1.807) is 4.68 Å². The summed E-state index contributed by atoms with van der Waals surface area (Å²) in [5.74, 6) is 0.926. The van der Waals surface area contributed by atoms with Crippen molar-refractivity contribution < 1.29 is 14.6 Å². The highest BCUT2D eigenvalue weighted by molar-refractivity contribution is 6.05. The summed E-state index contributed by atoms with van der Waals surface area (Å²) in [4.78, 5) is 11.9. The highest BCUT2D eigenvalue weighted by atomic mass is 16.5. The first-order valence-electron chi connectivity index (χ1n) is 13.3. The Bertz CT molecular complexity index is 1430. The number of aliphatic hydroxyl groups is 1. The molecule has 39 heavy (non-hydrogen) atoms. The number of nitrogens with two attached hydrogens (primary N) is 1. The molecule has 0 aromatic carbocycles. The molecule has 4 heterocycles. The molecule has 3 unspecified atom stereocenters. The molecule has 0 saturated heterocycles. The quantitative estimate of drug-likeness (QED) is 0.432. The van der Waals surface area contributed by atoms with Crippen molar-refractivity contribution in [2.24, 2.45) is 17.8 Å². The molecule has 210 valence electrons. The number of fused-ring (bicyclic) bond motifs is 3. The fourth-order valence-corrected chi connectivity index (χ4v) is 4.75. The molecule has 1 aliphatic heterocycles. The van der Waals surface area contributed by atoms with Crippen molar-refractivity contribution in [3.8, 4) is 17.1 Å². The summed E-state index contributed by atoms with van der Waals surface area (Å²) in [6.45, 7) is 12.6. The number of aryl methyl sites for hydroxylation is 3. The summed E-state index contributed by atoms with van der Waals surface area (Å²) in [6.07, 6.45) is 3.62. The molecule has 2 bridgehead atoms. The number of hydrogen-bond acceptors (Lipinski definition) is 9. The van der Waals surface area contributed by atoms with Gasteiger partial charge in [0.15, 0.2) is 5.88 Å². The molecule has 4 N–H and O–H groups in total. The molecule has 3 aromatic rings. The van der Waals surface area contributed by atoms with Gasteiger partial charge in [0.25, 0.3) is 0 Å². The molecule has 4 rings (SSSR count). The minimum atomic E-state index is -0.318. The summed E-state index contributed by atoms with van der Waals surface area (Å²) < 4.78 is 14.1. The molecule has 0 aliphatic carbocycles.